The van der Waals surface area contributed by atoms with Crippen LogP contribution in [0, 0.1) is 5.41 Å². The second-order valence-electron chi connectivity index (χ2n) is 3.97. The van der Waals surface area contributed by atoms with Crippen LogP contribution in [0.1, 0.15) is 32.1 Å². The van der Waals surface area contributed by atoms with Crippen LogP contribution in [-0.2, 0) is 4.74 Å². The number of ether oxygens (including phenoxy) is 1. The fourth-order valence-corrected chi connectivity index (χ4v) is 2.62. The molecule has 0 amide bonds. The van der Waals surface area contributed by atoms with E-state index in [4.69, 9.17) is 4.74 Å². The molecule has 1 nitrogen and oxygen atoms in total. The van der Waals surface area contributed by atoms with Gasteiger partial charge in [-0.05, 0) is 19.3 Å². The van der Waals surface area contributed by atoms with Crippen molar-refractivity contribution in [3.8, 4) is 0 Å². The number of rotatable bonds is 6. The average molecular weight is 247 g/mol. The van der Waals surface area contributed by atoms with Crippen molar-refractivity contribution in [1.29, 1.82) is 0 Å². The third kappa shape index (κ3) is 3.43. The Morgan fingerprint density at radius 3 is 2.62 bits per heavy atom. The molecule has 0 atom stereocenters. The van der Waals surface area contributed by atoms with Crippen molar-refractivity contribution < 1.29 is 4.74 Å². The monoisotopic (exact) mass is 246 g/mol. The number of alkyl halides is 1. The highest BCUT2D eigenvalue weighted by Gasteiger charge is 2.32. The topological polar surface area (TPSA) is 9.23 Å². The molecule has 0 radical (unpaired) electrons. The van der Waals surface area contributed by atoms with Gasteiger partial charge in [0, 0.05) is 10.7 Å². The predicted molar refractivity (Wildman–Crippen MR) is 60.3 cm³/mol. The maximum Gasteiger partial charge on any atom is 0.0530 e. The van der Waals surface area contributed by atoms with Gasteiger partial charge in [0.15, 0.2) is 0 Å². The van der Waals surface area contributed by atoms with Gasteiger partial charge in [0.2, 0.25) is 0 Å². The van der Waals surface area contributed by atoms with Crippen LogP contribution in [0.25, 0.3) is 0 Å². The zero-order valence-corrected chi connectivity index (χ0v) is 9.81. The van der Waals surface area contributed by atoms with Crippen molar-refractivity contribution >= 4 is 15.9 Å². The Labute approximate surface area is 89.7 Å². The molecule has 0 saturated heterocycles. The van der Waals surface area contributed by atoms with Gasteiger partial charge in [-0.25, -0.2) is 0 Å². The van der Waals surface area contributed by atoms with Crippen LogP contribution in [0.15, 0.2) is 12.7 Å². The summed E-state index contributed by atoms with van der Waals surface area (Å²) in [6, 6.07) is 0. The van der Waals surface area contributed by atoms with Crippen molar-refractivity contribution in [2.24, 2.45) is 5.41 Å². The van der Waals surface area contributed by atoms with Crippen LogP contribution in [0.2, 0.25) is 0 Å². The summed E-state index contributed by atoms with van der Waals surface area (Å²) >= 11 is 3.60. The summed E-state index contributed by atoms with van der Waals surface area (Å²) < 4.78 is 5.65. The first kappa shape index (κ1) is 11.3. The molecular weight excluding hydrogens is 228 g/mol. The van der Waals surface area contributed by atoms with Crippen LogP contribution in [-0.4, -0.2) is 18.5 Å². The molecule has 2 heteroatoms. The zero-order chi connectivity index (χ0) is 9.57. The number of hydrogen-bond acceptors (Lipinski definition) is 1. The van der Waals surface area contributed by atoms with Gasteiger partial charge >= 0.3 is 0 Å². The first-order valence-corrected chi connectivity index (χ1v) is 6.20. The van der Waals surface area contributed by atoms with Crippen LogP contribution in [0.5, 0.6) is 0 Å². The standard InChI is InChI=1S/C11H19BrO/c1-2-3-8-13-10-11(9-12)6-4-5-7-11/h2H,1,3-10H2. The third-order valence-electron chi connectivity index (χ3n) is 2.82. The molecule has 1 saturated carbocycles. The van der Waals surface area contributed by atoms with Crippen molar-refractivity contribution in [2.45, 2.75) is 32.1 Å². The Morgan fingerprint density at radius 2 is 2.08 bits per heavy atom. The van der Waals surface area contributed by atoms with E-state index in [1.54, 1.807) is 0 Å². The highest BCUT2D eigenvalue weighted by atomic mass is 79.9. The van der Waals surface area contributed by atoms with E-state index >= 15 is 0 Å². The van der Waals surface area contributed by atoms with E-state index in [9.17, 15) is 0 Å². The Hall–Kier alpha value is 0.180. The molecule has 0 bridgehead atoms. The van der Waals surface area contributed by atoms with E-state index in [1.165, 1.54) is 25.7 Å². The summed E-state index contributed by atoms with van der Waals surface area (Å²) in [7, 11) is 0. The third-order valence-corrected chi connectivity index (χ3v) is 4.01. The molecule has 1 rings (SSSR count). The van der Waals surface area contributed by atoms with E-state index in [1.807, 2.05) is 6.08 Å². The summed E-state index contributed by atoms with van der Waals surface area (Å²) in [6.45, 7) is 5.43. The number of hydrogen-bond donors (Lipinski definition) is 0. The van der Waals surface area contributed by atoms with Crippen LogP contribution >= 0.6 is 15.9 Å². The van der Waals surface area contributed by atoms with Crippen molar-refractivity contribution in [1.82, 2.24) is 0 Å². The minimum atomic E-state index is 0.446. The van der Waals surface area contributed by atoms with Crippen molar-refractivity contribution in [2.75, 3.05) is 18.5 Å². The molecule has 0 spiro atoms. The summed E-state index contributed by atoms with van der Waals surface area (Å²) in [5, 5.41) is 1.09. The van der Waals surface area contributed by atoms with Gasteiger partial charge < -0.3 is 4.74 Å². The summed E-state index contributed by atoms with van der Waals surface area (Å²) in [5.74, 6) is 0. The largest absolute Gasteiger partial charge is 0.381 e. The van der Waals surface area contributed by atoms with Gasteiger partial charge in [0.25, 0.3) is 0 Å². The summed E-state index contributed by atoms with van der Waals surface area (Å²) in [6.07, 6.45) is 8.28. The molecule has 0 N–H and O–H groups in total. The van der Waals surface area contributed by atoms with E-state index in [0.29, 0.717) is 5.41 Å². The van der Waals surface area contributed by atoms with E-state index < -0.39 is 0 Å². The van der Waals surface area contributed by atoms with Crippen molar-refractivity contribution in [3.05, 3.63) is 12.7 Å². The lowest BCUT2D eigenvalue weighted by Crippen LogP contribution is -2.25. The molecule has 1 fully saturated rings. The SMILES string of the molecule is C=CCCOCC1(CBr)CCCC1. The minimum absolute atomic E-state index is 0.446. The Morgan fingerprint density at radius 1 is 1.38 bits per heavy atom. The predicted octanol–water partition coefficient (Wildman–Crippen LogP) is 3.53. The van der Waals surface area contributed by atoms with Gasteiger partial charge in [-0.3, -0.25) is 0 Å². The van der Waals surface area contributed by atoms with Gasteiger partial charge in [-0.1, -0.05) is 34.8 Å². The summed E-state index contributed by atoms with van der Waals surface area (Å²) in [4.78, 5) is 0. The smallest absolute Gasteiger partial charge is 0.0530 e. The fraction of sp³-hybridized carbons (Fsp3) is 0.818. The Bertz CT molecular complexity index is 150. The van der Waals surface area contributed by atoms with Gasteiger partial charge in [0.05, 0.1) is 13.2 Å². The number of halogens is 1. The molecule has 0 aliphatic heterocycles. The Kier molecular flexibility index (Phi) is 5.04. The molecular formula is C11H19BrO. The molecule has 1 aliphatic rings. The maximum absolute atomic E-state index is 5.65. The first-order chi connectivity index (χ1) is 6.33. The Balaban J connectivity index is 2.19. The molecule has 1 aliphatic carbocycles. The summed E-state index contributed by atoms with van der Waals surface area (Å²) in [5.41, 5.74) is 0.446. The van der Waals surface area contributed by atoms with E-state index in [2.05, 4.69) is 22.5 Å². The first-order valence-electron chi connectivity index (χ1n) is 5.08. The van der Waals surface area contributed by atoms with E-state index in [0.717, 1.165) is 25.0 Å². The minimum Gasteiger partial charge on any atom is -0.381 e. The molecule has 0 aromatic carbocycles. The van der Waals surface area contributed by atoms with Gasteiger partial charge in [-0.15, -0.1) is 6.58 Å². The highest BCUT2D eigenvalue weighted by Crippen LogP contribution is 2.39. The second-order valence-corrected chi connectivity index (χ2v) is 4.53. The average Bonchev–Trinajstić information content (AvgIpc) is 2.62. The quantitative estimate of drug-likeness (QED) is 0.396. The zero-order valence-electron chi connectivity index (χ0n) is 8.23. The lowest BCUT2D eigenvalue weighted by atomic mass is 9.90. The van der Waals surface area contributed by atoms with Gasteiger partial charge in [0.1, 0.15) is 0 Å². The van der Waals surface area contributed by atoms with Gasteiger partial charge in [-0.2, -0.15) is 0 Å². The highest BCUT2D eigenvalue weighted by molar-refractivity contribution is 9.09. The molecule has 76 valence electrons. The fourth-order valence-electron chi connectivity index (χ4n) is 1.90. The maximum atomic E-state index is 5.65. The molecule has 0 unspecified atom stereocenters. The lowest BCUT2D eigenvalue weighted by Gasteiger charge is -2.25. The van der Waals surface area contributed by atoms with Crippen LogP contribution < -0.4 is 0 Å². The lowest BCUT2D eigenvalue weighted by molar-refractivity contribution is 0.0623. The van der Waals surface area contributed by atoms with E-state index in [-0.39, 0.29) is 0 Å². The van der Waals surface area contributed by atoms with Crippen LogP contribution in [0.4, 0.5) is 0 Å². The molecule has 0 aromatic heterocycles. The molecule has 13 heavy (non-hydrogen) atoms. The second kappa shape index (κ2) is 5.82. The molecule has 0 heterocycles. The van der Waals surface area contributed by atoms with Crippen molar-refractivity contribution in [3.63, 3.8) is 0 Å². The normalized spacial score (nSPS) is 20.4. The molecule has 0 aromatic rings. The van der Waals surface area contributed by atoms with Crippen LogP contribution in [0.3, 0.4) is 0 Å².